The van der Waals surface area contributed by atoms with Gasteiger partial charge in [0.25, 0.3) is 0 Å². The van der Waals surface area contributed by atoms with Crippen LogP contribution in [-0.4, -0.2) is 12.1 Å². The van der Waals surface area contributed by atoms with Crippen molar-refractivity contribution < 1.29 is 4.79 Å². The van der Waals surface area contributed by atoms with Crippen molar-refractivity contribution in [3.8, 4) is 0 Å². The number of carbonyl (C=O) groups is 1. The fraction of sp³-hybridized carbons (Fsp3) is 0.800. The number of carbonyl (C=O) groups excluding carboxylic acids is 1. The fourth-order valence-corrected chi connectivity index (χ4v) is 1.37. The van der Waals surface area contributed by atoms with Crippen molar-refractivity contribution in [2.24, 2.45) is 16.8 Å². The summed E-state index contributed by atoms with van der Waals surface area (Å²) in [5, 5.41) is 3.43. The van der Waals surface area contributed by atoms with Gasteiger partial charge >= 0.3 is 0 Å². The largest absolute Gasteiger partial charge is 0.324 e. The average Bonchev–Trinajstić information content (AvgIpc) is 2.26. The summed E-state index contributed by atoms with van der Waals surface area (Å²) in [6.45, 7) is 0. The Hall–Kier alpha value is -1.10. The van der Waals surface area contributed by atoms with E-state index in [0.29, 0.717) is 6.42 Å². The number of rotatable bonds is 9. The Morgan fingerprint density at radius 3 is 2.33 bits per heavy atom. The zero-order valence-corrected chi connectivity index (χ0v) is 9.24. The van der Waals surface area contributed by atoms with Crippen LogP contribution >= 0.6 is 0 Å². The number of hydrazone groups is 1. The molecule has 0 aliphatic heterocycles. The quantitative estimate of drug-likeness (QED) is 0.176. The number of hydrazine groups is 1. The lowest BCUT2D eigenvalue weighted by Crippen LogP contribution is -2.29. The van der Waals surface area contributed by atoms with Crippen molar-refractivity contribution in [3.63, 3.8) is 0 Å². The highest BCUT2D eigenvalue weighted by atomic mass is 16.2. The van der Waals surface area contributed by atoms with Crippen LogP contribution in [0, 0.1) is 0 Å². The number of nitrogens with two attached hydrogens (primary N) is 2. The molecule has 0 aromatic carbocycles. The Labute approximate surface area is 91.3 Å². The van der Waals surface area contributed by atoms with Crippen molar-refractivity contribution in [3.05, 3.63) is 0 Å². The van der Waals surface area contributed by atoms with Gasteiger partial charge in [0.2, 0.25) is 5.91 Å². The lowest BCUT2D eigenvalue weighted by Gasteiger charge is -2.00. The minimum atomic E-state index is -0.0749. The van der Waals surface area contributed by atoms with Gasteiger partial charge in [-0.15, -0.1) is 0 Å². The van der Waals surface area contributed by atoms with E-state index in [1.54, 1.807) is 6.21 Å². The van der Waals surface area contributed by atoms with E-state index in [4.69, 9.17) is 11.7 Å². The van der Waals surface area contributed by atoms with E-state index in [-0.39, 0.29) is 5.91 Å². The summed E-state index contributed by atoms with van der Waals surface area (Å²) >= 11 is 0. The molecule has 0 radical (unpaired) electrons. The maximum absolute atomic E-state index is 10.8. The molecule has 0 spiro atoms. The van der Waals surface area contributed by atoms with E-state index in [9.17, 15) is 4.79 Å². The molecule has 0 atom stereocenters. The van der Waals surface area contributed by atoms with Crippen LogP contribution in [0.25, 0.3) is 0 Å². The summed E-state index contributed by atoms with van der Waals surface area (Å²) in [4.78, 5) is 10.8. The Morgan fingerprint density at radius 1 is 1.13 bits per heavy atom. The minimum absolute atomic E-state index is 0.0749. The molecule has 5 nitrogen and oxygen atoms in total. The smallest absolute Gasteiger partial charge is 0.233 e. The van der Waals surface area contributed by atoms with Crippen LogP contribution in [0.2, 0.25) is 0 Å². The first-order chi connectivity index (χ1) is 7.31. The number of unbranched alkanes of at least 4 members (excludes halogenated alkanes) is 6. The second-order valence-corrected chi connectivity index (χ2v) is 3.56. The number of nitrogens with zero attached hydrogens (tertiary/aromatic N) is 1. The van der Waals surface area contributed by atoms with Gasteiger partial charge in [0.05, 0.1) is 0 Å². The molecule has 1 amide bonds. The highest BCUT2D eigenvalue weighted by molar-refractivity contribution is 5.74. The van der Waals surface area contributed by atoms with Crippen molar-refractivity contribution in [1.29, 1.82) is 0 Å². The van der Waals surface area contributed by atoms with Gasteiger partial charge in [-0.25, -0.2) is 5.84 Å². The molecule has 0 heterocycles. The third-order valence-electron chi connectivity index (χ3n) is 2.25. The molecular weight excluding hydrogens is 192 g/mol. The molecule has 88 valence electrons. The van der Waals surface area contributed by atoms with Crippen LogP contribution in [0.1, 0.15) is 51.4 Å². The third-order valence-corrected chi connectivity index (χ3v) is 2.25. The normalized spacial score (nSPS) is 10.7. The molecule has 0 aromatic rings. The van der Waals surface area contributed by atoms with Crippen LogP contribution in [0.4, 0.5) is 0 Å². The van der Waals surface area contributed by atoms with Gasteiger partial charge in [-0.1, -0.05) is 25.7 Å². The van der Waals surface area contributed by atoms with Crippen molar-refractivity contribution in [2.75, 3.05) is 0 Å². The molecule has 0 saturated heterocycles. The first-order valence-corrected chi connectivity index (χ1v) is 5.52. The van der Waals surface area contributed by atoms with Gasteiger partial charge in [-0.2, -0.15) is 5.10 Å². The Bertz CT molecular complexity index is 182. The molecule has 0 unspecified atom stereocenters. The number of hydrogen-bond donors (Lipinski definition) is 3. The van der Waals surface area contributed by atoms with Crippen LogP contribution in [0.15, 0.2) is 5.10 Å². The molecule has 5 N–H and O–H groups in total. The minimum Gasteiger partial charge on any atom is -0.324 e. The number of nitrogens with one attached hydrogen (secondary N) is 1. The van der Waals surface area contributed by atoms with Gasteiger partial charge < -0.3 is 5.84 Å². The Morgan fingerprint density at radius 2 is 1.73 bits per heavy atom. The molecule has 0 aliphatic rings. The monoisotopic (exact) mass is 214 g/mol. The van der Waals surface area contributed by atoms with Crippen LogP contribution < -0.4 is 17.1 Å². The van der Waals surface area contributed by atoms with Crippen molar-refractivity contribution >= 4 is 12.1 Å². The lowest BCUT2D eigenvalue weighted by atomic mass is 10.1. The Kier molecular flexibility index (Phi) is 10.2. The summed E-state index contributed by atoms with van der Waals surface area (Å²) in [6, 6.07) is 0. The van der Waals surface area contributed by atoms with E-state index in [2.05, 4.69) is 10.5 Å². The van der Waals surface area contributed by atoms with Crippen molar-refractivity contribution in [1.82, 2.24) is 5.43 Å². The lowest BCUT2D eigenvalue weighted by molar-refractivity contribution is -0.121. The average molecular weight is 214 g/mol. The van der Waals surface area contributed by atoms with Gasteiger partial charge in [-0.05, 0) is 19.3 Å². The predicted molar refractivity (Wildman–Crippen MR) is 61.9 cm³/mol. The maximum Gasteiger partial charge on any atom is 0.233 e. The van der Waals surface area contributed by atoms with E-state index in [1.807, 2.05) is 0 Å². The zero-order chi connectivity index (χ0) is 11.4. The molecule has 0 saturated carbocycles. The summed E-state index contributed by atoms with van der Waals surface area (Å²) in [5.41, 5.74) is 2.12. The summed E-state index contributed by atoms with van der Waals surface area (Å²) < 4.78 is 0. The first-order valence-electron chi connectivity index (χ1n) is 5.52. The number of hydrogen-bond acceptors (Lipinski definition) is 4. The zero-order valence-electron chi connectivity index (χ0n) is 9.24. The van der Waals surface area contributed by atoms with E-state index < -0.39 is 0 Å². The molecule has 0 rings (SSSR count). The molecular formula is C10H22N4O. The van der Waals surface area contributed by atoms with Gasteiger partial charge in [0.1, 0.15) is 0 Å². The standard InChI is InChI=1S/C10H22N4O/c11-13-9-7-5-3-1-2-4-6-8-10(15)14-12/h9H,1-8,11-12H2,(H,14,15)/b13-9+. The van der Waals surface area contributed by atoms with E-state index in [1.165, 1.54) is 19.3 Å². The molecule has 0 bridgehead atoms. The predicted octanol–water partition coefficient (Wildman–Crippen LogP) is 1.04. The summed E-state index contributed by atoms with van der Waals surface area (Å²) in [7, 11) is 0. The SMILES string of the molecule is N/N=C/CCCCCCCCC(=O)NN. The van der Waals surface area contributed by atoms with E-state index >= 15 is 0 Å². The van der Waals surface area contributed by atoms with Gasteiger partial charge in [0, 0.05) is 12.6 Å². The highest BCUT2D eigenvalue weighted by Gasteiger charge is 1.97. The van der Waals surface area contributed by atoms with Gasteiger partial charge in [-0.3, -0.25) is 10.2 Å². The van der Waals surface area contributed by atoms with E-state index in [0.717, 1.165) is 25.7 Å². The molecule has 0 fully saturated rings. The molecule has 0 aliphatic carbocycles. The molecule has 0 aromatic heterocycles. The summed E-state index contributed by atoms with van der Waals surface area (Å²) in [6.07, 6.45) is 10.00. The van der Waals surface area contributed by atoms with Crippen molar-refractivity contribution in [2.45, 2.75) is 51.4 Å². The first kappa shape index (κ1) is 13.9. The third kappa shape index (κ3) is 10.8. The second kappa shape index (κ2) is 11.0. The summed E-state index contributed by atoms with van der Waals surface area (Å²) in [5.74, 6) is 9.86. The highest BCUT2D eigenvalue weighted by Crippen LogP contribution is 2.07. The van der Waals surface area contributed by atoms with Crippen LogP contribution in [0.3, 0.4) is 0 Å². The topological polar surface area (TPSA) is 93.5 Å². The maximum atomic E-state index is 10.8. The van der Waals surface area contributed by atoms with Crippen LogP contribution in [-0.2, 0) is 4.79 Å². The van der Waals surface area contributed by atoms with Crippen LogP contribution in [0.5, 0.6) is 0 Å². The second-order valence-electron chi connectivity index (χ2n) is 3.56. The Balaban J connectivity index is 3.02. The molecule has 5 heteroatoms. The fourth-order valence-electron chi connectivity index (χ4n) is 1.37. The molecule has 15 heavy (non-hydrogen) atoms. The number of amides is 1. The van der Waals surface area contributed by atoms with Gasteiger partial charge in [0.15, 0.2) is 0 Å².